The summed E-state index contributed by atoms with van der Waals surface area (Å²) in [6, 6.07) is 4.12. The second-order valence-corrected chi connectivity index (χ2v) is 9.48. The van der Waals surface area contributed by atoms with Crippen LogP contribution in [0, 0.1) is 18.3 Å². The number of ether oxygens (including phenoxy) is 1. The fourth-order valence-electron chi connectivity index (χ4n) is 3.39. The van der Waals surface area contributed by atoms with Crippen LogP contribution in [0.15, 0.2) is 18.2 Å². The zero-order valence-corrected chi connectivity index (χ0v) is 21.6. The first-order valence-electron chi connectivity index (χ1n) is 11.2. The lowest BCUT2D eigenvalue weighted by Crippen LogP contribution is -2.54. The Balaban J connectivity index is 3.43. The normalized spacial score (nSPS) is 13.7. The predicted octanol–water partition coefficient (Wildman–Crippen LogP) is 3.22. The minimum atomic E-state index is -1.30. The molecule has 3 unspecified atom stereocenters. The number of amides is 3. The van der Waals surface area contributed by atoms with Gasteiger partial charge in [0.1, 0.15) is 30.0 Å². The maximum Gasteiger partial charge on any atom is 0.408 e. The highest BCUT2D eigenvalue weighted by Gasteiger charge is 2.37. The van der Waals surface area contributed by atoms with Crippen molar-refractivity contribution in [1.29, 1.82) is 5.26 Å². The number of phenols is 1. The highest BCUT2D eigenvalue weighted by atomic mass is 32.1. The van der Waals surface area contributed by atoms with Gasteiger partial charge in [0, 0.05) is 17.4 Å². The molecule has 0 aliphatic carbocycles. The van der Waals surface area contributed by atoms with Gasteiger partial charge in [0.15, 0.2) is 0 Å². The number of alkyl carbamates (subject to hydrolysis) is 1. The third-order valence-corrected chi connectivity index (χ3v) is 5.29. The molecule has 1 aromatic carbocycles. The topological polar surface area (TPSA) is 132 Å². The quantitative estimate of drug-likeness (QED) is 0.293. The van der Waals surface area contributed by atoms with E-state index < -0.39 is 42.1 Å². The molecular formula is C24H36N4O5S. The van der Waals surface area contributed by atoms with Gasteiger partial charge in [-0.05, 0) is 46.6 Å². The minimum Gasteiger partial charge on any atom is -0.507 e. The smallest absolute Gasteiger partial charge is 0.408 e. The Kier molecular flexibility index (Phi) is 11.2. The lowest BCUT2D eigenvalue weighted by Gasteiger charge is -2.33. The van der Waals surface area contributed by atoms with Gasteiger partial charge < -0.3 is 25.4 Å². The van der Waals surface area contributed by atoms with Crippen molar-refractivity contribution in [2.24, 2.45) is 0 Å². The van der Waals surface area contributed by atoms with Gasteiger partial charge >= 0.3 is 6.09 Å². The number of hydrogen-bond donors (Lipinski definition) is 4. The molecule has 3 atom stereocenters. The average Bonchev–Trinajstić information content (AvgIpc) is 2.72. The van der Waals surface area contributed by atoms with E-state index in [4.69, 9.17) is 4.74 Å². The summed E-state index contributed by atoms with van der Waals surface area (Å²) >= 11 is 4.18. The van der Waals surface area contributed by atoms with Gasteiger partial charge in [-0.1, -0.05) is 31.5 Å². The van der Waals surface area contributed by atoms with Crippen molar-refractivity contribution in [2.45, 2.75) is 78.1 Å². The molecule has 0 aliphatic heterocycles. The van der Waals surface area contributed by atoms with Crippen LogP contribution in [0.2, 0.25) is 0 Å². The molecule has 1 rings (SSSR count). The zero-order chi connectivity index (χ0) is 26.1. The van der Waals surface area contributed by atoms with E-state index in [0.29, 0.717) is 12.0 Å². The monoisotopic (exact) mass is 492 g/mol. The largest absolute Gasteiger partial charge is 0.507 e. The van der Waals surface area contributed by atoms with Crippen molar-refractivity contribution < 1.29 is 24.2 Å². The van der Waals surface area contributed by atoms with Crippen molar-refractivity contribution in [3.05, 3.63) is 29.3 Å². The number of nitrogens with zero attached hydrogens (tertiary/aromatic N) is 2. The van der Waals surface area contributed by atoms with Crippen LogP contribution in [0.5, 0.6) is 5.75 Å². The Labute approximate surface area is 207 Å². The van der Waals surface area contributed by atoms with Crippen LogP contribution in [0.1, 0.15) is 64.6 Å². The molecule has 0 radical (unpaired) electrons. The Morgan fingerprint density at radius 3 is 2.44 bits per heavy atom. The molecule has 1 aromatic rings. The summed E-state index contributed by atoms with van der Waals surface area (Å²) in [5.41, 5.74) is -0.0925. The third kappa shape index (κ3) is 8.45. The summed E-state index contributed by atoms with van der Waals surface area (Å²) in [4.78, 5) is 40.2. The van der Waals surface area contributed by atoms with Crippen molar-refractivity contribution in [1.82, 2.24) is 15.5 Å². The molecule has 0 fully saturated rings. The van der Waals surface area contributed by atoms with E-state index in [9.17, 15) is 24.8 Å². The number of thiol groups is 1. The standard InChI is InChI=1S/C24H36N4O5S/c1-7-9-16(3)26-21(30)19(17-11-8-10-15(2)20(17)29)28(13-12-25)22(31)18(14-34)27-23(32)33-24(4,5)6/h8,10-11,16,18-19,29,34H,7,9,13-14H2,1-6H3,(H,26,30)(H,27,32). The maximum absolute atomic E-state index is 13.5. The van der Waals surface area contributed by atoms with Crippen LogP contribution in [0.4, 0.5) is 4.79 Å². The van der Waals surface area contributed by atoms with Crippen molar-refractivity contribution in [3.8, 4) is 11.8 Å². The van der Waals surface area contributed by atoms with Crippen LogP contribution in [0.25, 0.3) is 0 Å². The Morgan fingerprint density at radius 2 is 1.91 bits per heavy atom. The molecule has 34 heavy (non-hydrogen) atoms. The molecular weight excluding hydrogens is 456 g/mol. The molecule has 0 bridgehead atoms. The van der Waals surface area contributed by atoms with Gasteiger partial charge in [-0.3, -0.25) is 9.59 Å². The van der Waals surface area contributed by atoms with Crippen molar-refractivity contribution >= 4 is 30.5 Å². The molecule has 3 amide bonds. The van der Waals surface area contributed by atoms with Gasteiger partial charge in [-0.2, -0.15) is 17.9 Å². The van der Waals surface area contributed by atoms with Gasteiger partial charge in [0.25, 0.3) is 0 Å². The van der Waals surface area contributed by atoms with E-state index in [2.05, 4.69) is 23.3 Å². The number of aromatic hydroxyl groups is 1. The number of phenolic OH excluding ortho intramolecular Hbond substituents is 1. The first-order valence-corrected chi connectivity index (χ1v) is 11.9. The number of hydrogen-bond acceptors (Lipinski definition) is 7. The molecule has 0 heterocycles. The van der Waals surface area contributed by atoms with E-state index in [0.717, 1.165) is 11.3 Å². The van der Waals surface area contributed by atoms with Crippen LogP contribution >= 0.6 is 12.6 Å². The van der Waals surface area contributed by atoms with Gasteiger partial charge in [0.2, 0.25) is 11.8 Å². The van der Waals surface area contributed by atoms with Crippen LogP contribution in [0.3, 0.4) is 0 Å². The molecule has 0 aliphatic rings. The lowest BCUT2D eigenvalue weighted by molar-refractivity contribution is -0.141. The van der Waals surface area contributed by atoms with Crippen molar-refractivity contribution in [2.75, 3.05) is 12.3 Å². The molecule has 0 aromatic heterocycles. The van der Waals surface area contributed by atoms with Gasteiger partial charge in [-0.15, -0.1) is 0 Å². The molecule has 188 valence electrons. The van der Waals surface area contributed by atoms with Crippen LogP contribution in [-0.4, -0.2) is 57.9 Å². The molecule has 0 spiro atoms. The second kappa shape index (κ2) is 13.1. The number of para-hydroxylation sites is 1. The molecule has 3 N–H and O–H groups in total. The number of benzene rings is 1. The number of rotatable bonds is 10. The fraction of sp³-hybridized carbons (Fsp3) is 0.583. The van der Waals surface area contributed by atoms with E-state index in [1.807, 2.05) is 19.9 Å². The SMILES string of the molecule is CCCC(C)NC(=O)C(c1cccc(C)c1O)N(CC#N)C(=O)C(CS)NC(=O)OC(C)(C)C. The summed E-state index contributed by atoms with van der Waals surface area (Å²) in [5.74, 6) is -1.49. The lowest BCUT2D eigenvalue weighted by atomic mass is 9.99. The van der Waals surface area contributed by atoms with E-state index in [-0.39, 0.29) is 23.1 Å². The first kappa shape index (κ1) is 29.1. The Bertz CT molecular complexity index is 910. The summed E-state index contributed by atoms with van der Waals surface area (Å²) in [6.45, 7) is 10.1. The minimum absolute atomic E-state index is 0.0968. The Morgan fingerprint density at radius 1 is 1.26 bits per heavy atom. The molecule has 0 saturated heterocycles. The fourth-order valence-corrected chi connectivity index (χ4v) is 3.64. The Hall–Kier alpha value is -2.93. The predicted molar refractivity (Wildman–Crippen MR) is 132 cm³/mol. The van der Waals surface area contributed by atoms with Crippen LogP contribution in [-0.2, 0) is 14.3 Å². The third-order valence-electron chi connectivity index (χ3n) is 4.93. The number of nitriles is 1. The first-order chi connectivity index (χ1) is 15.9. The summed E-state index contributed by atoms with van der Waals surface area (Å²) in [5, 5.41) is 25.5. The molecule has 9 nitrogen and oxygen atoms in total. The summed E-state index contributed by atoms with van der Waals surface area (Å²) in [6.07, 6.45) is 0.724. The number of aryl methyl sites for hydroxylation is 1. The van der Waals surface area contributed by atoms with Gasteiger partial charge in [-0.25, -0.2) is 4.79 Å². The maximum atomic E-state index is 13.5. The number of carbonyl (C=O) groups is 3. The molecule has 10 heteroatoms. The van der Waals surface area contributed by atoms with E-state index in [1.165, 1.54) is 6.07 Å². The van der Waals surface area contributed by atoms with Crippen LogP contribution < -0.4 is 10.6 Å². The summed E-state index contributed by atoms with van der Waals surface area (Å²) < 4.78 is 5.23. The molecule has 0 saturated carbocycles. The highest BCUT2D eigenvalue weighted by Crippen LogP contribution is 2.32. The highest BCUT2D eigenvalue weighted by molar-refractivity contribution is 7.80. The van der Waals surface area contributed by atoms with Gasteiger partial charge in [0.05, 0.1) is 6.07 Å². The number of carbonyl (C=O) groups excluding carboxylic acids is 3. The summed E-state index contributed by atoms with van der Waals surface area (Å²) in [7, 11) is 0. The van der Waals surface area contributed by atoms with Crippen molar-refractivity contribution in [3.63, 3.8) is 0 Å². The van der Waals surface area contributed by atoms with E-state index in [1.54, 1.807) is 39.8 Å². The average molecular weight is 493 g/mol. The number of nitrogens with one attached hydrogen (secondary N) is 2. The zero-order valence-electron chi connectivity index (χ0n) is 20.7. The second-order valence-electron chi connectivity index (χ2n) is 9.12. The van der Waals surface area contributed by atoms with E-state index >= 15 is 0 Å².